The van der Waals surface area contributed by atoms with E-state index in [1.54, 1.807) is 6.20 Å². The molecule has 0 atom stereocenters. The largest absolute Gasteiger partial charge is 0.487 e. The Morgan fingerprint density at radius 3 is 2.81 bits per heavy atom. The summed E-state index contributed by atoms with van der Waals surface area (Å²) in [5, 5.41) is 0.563. The number of hydrogen-bond donors (Lipinski definition) is 1. The van der Waals surface area contributed by atoms with Gasteiger partial charge in [-0.2, -0.15) is 0 Å². The highest BCUT2D eigenvalue weighted by atomic mass is 79.9. The fraction of sp³-hybridized carbons (Fsp3) is 0.100. The van der Waals surface area contributed by atoms with E-state index in [1.807, 2.05) is 18.2 Å². The maximum Gasteiger partial charge on any atom is 0.180 e. The molecule has 0 spiro atoms. The Kier molecular flexibility index (Phi) is 3.83. The second-order valence-corrected chi connectivity index (χ2v) is 5.95. The van der Waals surface area contributed by atoms with Gasteiger partial charge in [0, 0.05) is 10.7 Å². The summed E-state index contributed by atoms with van der Waals surface area (Å²) in [5.41, 5.74) is 5.53. The Morgan fingerprint density at radius 1 is 1.38 bits per heavy atom. The first-order valence-corrected chi connectivity index (χ1v) is 6.83. The smallest absolute Gasteiger partial charge is 0.180 e. The summed E-state index contributed by atoms with van der Waals surface area (Å²) in [4.78, 5) is 4.97. The Balaban J connectivity index is 2.04. The summed E-state index contributed by atoms with van der Waals surface area (Å²) in [5.74, 6) is 0.801. The van der Waals surface area contributed by atoms with Crippen molar-refractivity contribution < 1.29 is 4.74 Å². The van der Waals surface area contributed by atoms with Gasteiger partial charge in [0.25, 0.3) is 0 Å². The third-order valence-electron chi connectivity index (χ3n) is 1.84. The molecule has 2 rings (SSSR count). The highest BCUT2D eigenvalue weighted by Gasteiger charge is 2.04. The van der Waals surface area contributed by atoms with Crippen LogP contribution in [-0.2, 0) is 6.61 Å². The average molecular weight is 364 g/mol. The maximum absolute atomic E-state index is 5.64. The van der Waals surface area contributed by atoms with Crippen LogP contribution >= 0.6 is 43.2 Å². The van der Waals surface area contributed by atoms with Crippen LogP contribution in [0.15, 0.2) is 33.3 Å². The van der Waals surface area contributed by atoms with E-state index in [1.165, 1.54) is 11.3 Å². The SMILES string of the molecule is Nc1ncc(COc2ccc(Br)cc2Br)s1. The molecule has 0 fully saturated rings. The number of rotatable bonds is 3. The van der Waals surface area contributed by atoms with Crippen LogP contribution in [-0.4, -0.2) is 4.98 Å². The van der Waals surface area contributed by atoms with Gasteiger partial charge in [-0.1, -0.05) is 27.3 Å². The predicted molar refractivity (Wildman–Crippen MR) is 72.7 cm³/mol. The third kappa shape index (κ3) is 2.96. The predicted octanol–water partition coefficient (Wildman–Crippen LogP) is 3.83. The molecule has 0 saturated heterocycles. The van der Waals surface area contributed by atoms with E-state index in [9.17, 15) is 0 Å². The zero-order chi connectivity index (χ0) is 11.5. The molecule has 1 aromatic carbocycles. The minimum absolute atomic E-state index is 0.481. The maximum atomic E-state index is 5.64. The number of benzene rings is 1. The highest BCUT2D eigenvalue weighted by molar-refractivity contribution is 9.11. The van der Waals surface area contributed by atoms with E-state index >= 15 is 0 Å². The van der Waals surface area contributed by atoms with Crippen molar-refractivity contribution in [3.63, 3.8) is 0 Å². The highest BCUT2D eigenvalue weighted by Crippen LogP contribution is 2.29. The zero-order valence-corrected chi connectivity index (χ0v) is 12.1. The molecule has 0 aliphatic rings. The second-order valence-electron chi connectivity index (χ2n) is 3.03. The summed E-state index contributed by atoms with van der Waals surface area (Å²) in [6.45, 7) is 0.481. The molecule has 84 valence electrons. The van der Waals surface area contributed by atoms with Gasteiger partial charge in [0.05, 0.1) is 9.35 Å². The van der Waals surface area contributed by atoms with Crippen molar-refractivity contribution in [1.82, 2.24) is 4.98 Å². The van der Waals surface area contributed by atoms with E-state index in [4.69, 9.17) is 10.5 Å². The standard InChI is InChI=1S/C10H8Br2N2OS/c11-6-1-2-9(8(12)3-6)15-5-7-4-14-10(13)16-7/h1-4H,5H2,(H2,13,14). The van der Waals surface area contributed by atoms with Crippen LogP contribution in [0.25, 0.3) is 0 Å². The number of anilines is 1. The molecule has 0 unspecified atom stereocenters. The van der Waals surface area contributed by atoms with Gasteiger partial charge in [-0.3, -0.25) is 0 Å². The van der Waals surface area contributed by atoms with Gasteiger partial charge in [0.2, 0.25) is 0 Å². The number of hydrogen-bond acceptors (Lipinski definition) is 4. The normalized spacial score (nSPS) is 10.4. The summed E-state index contributed by atoms with van der Waals surface area (Å²) in [6.07, 6.45) is 1.73. The number of ether oxygens (including phenoxy) is 1. The average Bonchev–Trinajstić information content (AvgIpc) is 2.63. The van der Waals surface area contributed by atoms with Crippen molar-refractivity contribution in [2.75, 3.05) is 5.73 Å². The first-order chi connectivity index (χ1) is 7.65. The molecule has 0 aliphatic carbocycles. The first-order valence-electron chi connectivity index (χ1n) is 4.43. The Morgan fingerprint density at radius 2 is 2.19 bits per heavy atom. The van der Waals surface area contributed by atoms with Crippen LogP contribution in [0.3, 0.4) is 0 Å². The van der Waals surface area contributed by atoms with Gasteiger partial charge in [0.1, 0.15) is 12.4 Å². The van der Waals surface area contributed by atoms with Gasteiger partial charge >= 0.3 is 0 Å². The number of nitrogen functional groups attached to an aromatic ring is 1. The minimum atomic E-state index is 0.481. The number of nitrogens with zero attached hydrogens (tertiary/aromatic N) is 1. The van der Waals surface area contributed by atoms with Crippen molar-refractivity contribution in [1.29, 1.82) is 0 Å². The fourth-order valence-electron chi connectivity index (χ4n) is 1.13. The van der Waals surface area contributed by atoms with E-state index in [2.05, 4.69) is 36.8 Å². The molecule has 0 amide bonds. The topological polar surface area (TPSA) is 48.1 Å². The molecule has 0 aliphatic heterocycles. The Bertz CT molecular complexity index is 501. The molecular formula is C10H8Br2N2OS. The van der Waals surface area contributed by atoms with Crippen LogP contribution < -0.4 is 10.5 Å². The number of aromatic nitrogens is 1. The zero-order valence-electron chi connectivity index (χ0n) is 8.11. The van der Waals surface area contributed by atoms with Crippen LogP contribution in [0.1, 0.15) is 4.88 Å². The molecule has 1 heterocycles. The van der Waals surface area contributed by atoms with E-state index in [0.717, 1.165) is 19.6 Å². The van der Waals surface area contributed by atoms with Crippen molar-refractivity contribution in [3.05, 3.63) is 38.2 Å². The van der Waals surface area contributed by atoms with Crippen molar-refractivity contribution in [3.8, 4) is 5.75 Å². The Hall–Kier alpha value is -0.590. The van der Waals surface area contributed by atoms with Crippen molar-refractivity contribution >= 4 is 48.3 Å². The summed E-state index contributed by atoms with van der Waals surface area (Å²) >= 11 is 8.25. The Labute approximate surface area is 114 Å². The van der Waals surface area contributed by atoms with Gasteiger partial charge in [-0.25, -0.2) is 4.98 Å². The molecule has 3 nitrogen and oxygen atoms in total. The lowest BCUT2D eigenvalue weighted by Crippen LogP contribution is -1.93. The van der Waals surface area contributed by atoms with E-state index in [-0.39, 0.29) is 0 Å². The van der Waals surface area contributed by atoms with Crippen LogP contribution in [0, 0.1) is 0 Å². The fourth-order valence-corrected chi connectivity index (χ4v) is 2.89. The van der Waals surface area contributed by atoms with Crippen LogP contribution in [0.5, 0.6) is 5.75 Å². The van der Waals surface area contributed by atoms with Gasteiger partial charge in [-0.15, -0.1) is 0 Å². The molecule has 0 bridgehead atoms. The molecular weight excluding hydrogens is 356 g/mol. The monoisotopic (exact) mass is 362 g/mol. The molecule has 0 saturated carbocycles. The van der Waals surface area contributed by atoms with E-state index < -0.39 is 0 Å². The van der Waals surface area contributed by atoms with Crippen molar-refractivity contribution in [2.24, 2.45) is 0 Å². The van der Waals surface area contributed by atoms with Crippen LogP contribution in [0.2, 0.25) is 0 Å². The third-order valence-corrected chi connectivity index (χ3v) is 3.75. The minimum Gasteiger partial charge on any atom is -0.487 e. The molecule has 1 aromatic heterocycles. The number of halogens is 2. The number of nitrogens with two attached hydrogens (primary N) is 1. The second kappa shape index (κ2) is 5.16. The van der Waals surface area contributed by atoms with Gasteiger partial charge in [-0.05, 0) is 34.1 Å². The molecule has 0 radical (unpaired) electrons. The lowest BCUT2D eigenvalue weighted by atomic mass is 10.3. The van der Waals surface area contributed by atoms with Crippen LogP contribution in [0.4, 0.5) is 5.13 Å². The molecule has 6 heteroatoms. The molecule has 2 N–H and O–H groups in total. The van der Waals surface area contributed by atoms with Gasteiger partial charge < -0.3 is 10.5 Å². The molecule has 16 heavy (non-hydrogen) atoms. The lowest BCUT2D eigenvalue weighted by Gasteiger charge is -2.06. The lowest BCUT2D eigenvalue weighted by molar-refractivity contribution is 0.307. The summed E-state index contributed by atoms with van der Waals surface area (Å²) in [6, 6.07) is 5.77. The quantitative estimate of drug-likeness (QED) is 0.901. The van der Waals surface area contributed by atoms with Crippen molar-refractivity contribution in [2.45, 2.75) is 6.61 Å². The molecule has 2 aromatic rings. The number of thiazole rings is 1. The summed E-state index contributed by atoms with van der Waals surface area (Å²) < 4.78 is 7.56. The van der Waals surface area contributed by atoms with E-state index in [0.29, 0.717) is 11.7 Å². The summed E-state index contributed by atoms with van der Waals surface area (Å²) in [7, 11) is 0. The first kappa shape index (κ1) is 11.9. The van der Waals surface area contributed by atoms with Gasteiger partial charge in [0.15, 0.2) is 5.13 Å².